The molecule has 0 amide bonds. The Hall–Kier alpha value is -2.34. The van der Waals surface area contributed by atoms with Crippen LogP contribution in [-0.4, -0.2) is 27.8 Å². The van der Waals surface area contributed by atoms with Crippen LogP contribution in [0, 0.1) is 0 Å². The molecule has 3 aromatic carbocycles. The van der Waals surface area contributed by atoms with Gasteiger partial charge in [0.2, 0.25) is 0 Å². The van der Waals surface area contributed by atoms with Gasteiger partial charge in [-0.3, -0.25) is 0 Å². The van der Waals surface area contributed by atoms with E-state index in [4.69, 9.17) is 16.3 Å². The van der Waals surface area contributed by atoms with E-state index in [0.717, 1.165) is 16.9 Å². The van der Waals surface area contributed by atoms with E-state index in [2.05, 4.69) is 5.32 Å². The molecule has 0 bridgehead atoms. The van der Waals surface area contributed by atoms with E-state index in [1.165, 1.54) is 12.1 Å². The van der Waals surface area contributed by atoms with E-state index in [9.17, 15) is 8.42 Å². The smallest absolute Gasteiger partial charge is 0.179 e. The molecule has 0 spiro atoms. The molecule has 4 nitrogen and oxygen atoms in total. The average Bonchev–Trinajstić information content (AvgIpc) is 2.72. The Labute approximate surface area is 171 Å². The maximum atomic E-state index is 12.6. The van der Waals surface area contributed by atoms with Crippen LogP contribution in [0.3, 0.4) is 0 Å². The number of ether oxygens (including phenoxy) is 1. The molecule has 1 atom stereocenters. The zero-order valence-electron chi connectivity index (χ0n) is 15.5. The maximum Gasteiger partial charge on any atom is 0.179 e. The molecule has 0 aliphatic rings. The highest BCUT2D eigenvalue weighted by Crippen LogP contribution is 2.24. The Bertz CT molecular complexity index is 988. The first-order valence-corrected chi connectivity index (χ1v) is 10.9. The summed E-state index contributed by atoms with van der Waals surface area (Å²) in [5.74, 6) is 0.773. The number of benzene rings is 3. The van der Waals surface area contributed by atoms with Crippen molar-refractivity contribution in [3.8, 4) is 5.75 Å². The van der Waals surface area contributed by atoms with E-state index < -0.39 is 9.84 Å². The monoisotopic (exact) mass is 415 g/mol. The van der Waals surface area contributed by atoms with Crippen molar-refractivity contribution in [1.29, 1.82) is 0 Å². The number of sulfone groups is 1. The minimum Gasteiger partial charge on any atom is -0.497 e. The number of rotatable bonds is 8. The van der Waals surface area contributed by atoms with Crippen LogP contribution in [0.1, 0.15) is 17.2 Å². The summed E-state index contributed by atoms with van der Waals surface area (Å²) in [6.45, 7) is 0.316. The number of hydrogen-bond donors (Lipinski definition) is 1. The van der Waals surface area contributed by atoms with Crippen LogP contribution in [0.4, 0.5) is 0 Å². The van der Waals surface area contributed by atoms with Gasteiger partial charge in [0, 0.05) is 11.6 Å². The summed E-state index contributed by atoms with van der Waals surface area (Å²) in [4.78, 5) is 0.277. The van der Waals surface area contributed by atoms with Gasteiger partial charge in [-0.25, -0.2) is 8.42 Å². The molecule has 0 saturated carbocycles. The molecule has 0 aliphatic heterocycles. The van der Waals surface area contributed by atoms with E-state index in [1.54, 1.807) is 19.2 Å². The molecular weight excluding hydrogens is 394 g/mol. The number of hydrogen-bond acceptors (Lipinski definition) is 4. The molecule has 0 saturated heterocycles. The van der Waals surface area contributed by atoms with Crippen molar-refractivity contribution in [2.75, 3.05) is 19.4 Å². The minimum atomic E-state index is -3.39. The predicted octanol–water partition coefficient (Wildman–Crippen LogP) is 4.50. The Balaban J connectivity index is 1.75. The van der Waals surface area contributed by atoms with Gasteiger partial charge in [0.1, 0.15) is 5.75 Å². The third-order valence-corrected chi connectivity index (χ3v) is 6.46. The molecule has 0 unspecified atom stereocenters. The SMILES string of the molecule is COc1ccc([C@H](NCCS(=O)(=O)c2ccc(Cl)cc2)c2ccccc2)cc1. The predicted molar refractivity (Wildman–Crippen MR) is 113 cm³/mol. The molecule has 6 heteroatoms. The second kappa shape index (κ2) is 9.24. The van der Waals surface area contributed by atoms with Gasteiger partial charge in [0.25, 0.3) is 0 Å². The van der Waals surface area contributed by atoms with Crippen molar-refractivity contribution in [1.82, 2.24) is 5.32 Å². The first-order valence-electron chi connectivity index (χ1n) is 8.90. The van der Waals surface area contributed by atoms with Gasteiger partial charge in [-0.15, -0.1) is 0 Å². The van der Waals surface area contributed by atoms with Gasteiger partial charge in [0.15, 0.2) is 9.84 Å². The molecule has 3 rings (SSSR count). The highest BCUT2D eigenvalue weighted by atomic mass is 35.5. The summed E-state index contributed by atoms with van der Waals surface area (Å²) in [7, 11) is -1.76. The quantitative estimate of drug-likeness (QED) is 0.588. The van der Waals surface area contributed by atoms with Gasteiger partial charge < -0.3 is 10.1 Å². The van der Waals surface area contributed by atoms with Crippen LogP contribution in [-0.2, 0) is 9.84 Å². The molecule has 0 aromatic heterocycles. The summed E-state index contributed by atoms with van der Waals surface area (Å²) < 4.78 is 30.4. The van der Waals surface area contributed by atoms with Gasteiger partial charge in [-0.05, 0) is 47.5 Å². The Kier molecular flexibility index (Phi) is 6.73. The molecule has 0 aliphatic carbocycles. The second-order valence-corrected chi connectivity index (χ2v) is 8.89. The Morgan fingerprint density at radius 1 is 0.893 bits per heavy atom. The molecular formula is C22H22ClNO3S. The zero-order chi connectivity index (χ0) is 20.0. The van der Waals surface area contributed by atoms with Crippen LogP contribution in [0.15, 0.2) is 83.8 Å². The van der Waals surface area contributed by atoms with Crippen molar-refractivity contribution < 1.29 is 13.2 Å². The summed E-state index contributed by atoms with van der Waals surface area (Å²) in [6.07, 6.45) is 0. The fourth-order valence-corrected chi connectivity index (χ4v) is 4.27. The molecule has 146 valence electrons. The van der Waals surface area contributed by atoms with Crippen molar-refractivity contribution in [3.05, 3.63) is 95.0 Å². The number of methoxy groups -OCH3 is 1. The molecule has 3 aromatic rings. The van der Waals surface area contributed by atoms with E-state index >= 15 is 0 Å². The van der Waals surface area contributed by atoms with Crippen LogP contribution in [0.25, 0.3) is 0 Å². The lowest BCUT2D eigenvalue weighted by molar-refractivity contribution is 0.414. The third-order valence-electron chi connectivity index (χ3n) is 4.47. The van der Waals surface area contributed by atoms with Crippen LogP contribution in [0.5, 0.6) is 5.75 Å². The highest BCUT2D eigenvalue weighted by Gasteiger charge is 2.17. The topological polar surface area (TPSA) is 55.4 Å². The fraction of sp³-hybridized carbons (Fsp3) is 0.182. The van der Waals surface area contributed by atoms with Crippen LogP contribution in [0.2, 0.25) is 5.02 Å². The lowest BCUT2D eigenvalue weighted by Crippen LogP contribution is -2.28. The average molecular weight is 416 g/mol. The summed E-state index contributed by atoms with van der Waals surface area (Å²) in [5, 5.41) is 3.90. The zero-order valence-corrected chi connectivity index (χ0v) is 17.1. The van der Waals surface area contributed by atoms with Crippen LogP contribution >= 0.6 is 11.6 Å². The van der Waals surface area contributed by atoms with Gasteiger partial charge in [-0.2, -0.15) is 0 Å². The second-order valence-electron chi connectivity index (χ2n) is 6.34. The molecule has 1 N–H and O–H groups in total. The van der Waals surface area contributed by atoms with E-state index in [1.807, 2.05) is 54.6 Å². The van der Waals surface area contributed by atoms with Crippen molar-refractivity contribution >= 4 is 21.4 Å². The van der Waals surface area contributed by atoms with Crippen molar-refractivity contribution in [2.24, 2.45) is 0 Å². The summed E-state index contributed by atoms with van der Waals surface area (Å²) >= 11 is 5.85. The summed E-state index contributed by atoms with van der Waals surface area (Å²) in [6, 6.07) is 23.8. The third kappa shape index (κ3) is 5.13. The largest absolute Gasteiger partial charge is 0.497 e. The van der Waals surface area contributed by atoms with E-state index in [0.29, 0.717) is 11.6 Å². The Morgan fingerprint density at radius 2 is 1.50 bits per heavy atom. The number of halogens is 1. The lowest BCUT2D eigenvalue weighted by atomic mass is 9.98. The fourth-order valence-electron chi connectivity index (χ4n) is 2.97. The van der Waals surface area contributed by atoms with Crippen molar-refractivity contribution in [3.63, 3.8) is 0 Å². The standard InChI is InChI=1S/C22H22ClNO3S/c1-27-20-11-7-18(8-12-20)22(17-5-3-2-4-6-17)24-15-16-28(25,26)21-13-9-19(23)10-14-21/h2-14,22,24H,15-16H2,1H3/t22-/m1/s1. The van der Waals surface area contributed by atoms with Gasteiger partial charge >= 0.3 is 0 Å². The van der Waals surface area contributed by atoms with Crippen LogP contribution < -0.4 is 10.1 Å². The molecule has 0 heterocycles. The van der Waals surface area contributed by atoms with Gasteiger partial charge in [-0.1, -0.05) is 54.1 Å². The first-order chi connectivity index (χ1) is 13.5. The lowest BCUT2D eigenvalue weighted by Gasteiger charge is -2.20. The van der Waals surface area contributed by atoms with Gasteiger partial charge in [0.05, 0.1) is 23.8 Å². The maximum absolute atomic E-state index is 12.6. The minimum absolute atomic E-state index is 0.00583. The molecule has 0 fully saturated rings. The number of nitrogens with one attached hydrogen (secondary N) is 1. The summed E-state index contributed by atoms with van der Waals surface area (Å²) in [5.41, 5.74) is 2.10. The molecule has 0 radical (unpaired) electrons. The Morgan fingerprint density at radius 3 is 2.11 bits per heavy atom. The normalized spacial score (nSPS) is 12.5. The molecule has 28 heavy (non-hydrogen) atoms. The first kappa shape index (κ1) is 20.4. The highest BCUT2D eigenvalue weighted by molar-refractivity contribution is 7.91. The van der Waals surface area contributed by atoms with E-state index in [-0.39, 0.29) is 16.7 Å². The van der Waals surface area contributed by atoms with Crippen molar-refractivity contribution in [2.45, 2.75) is 10.9 Å².